The number of para-hydroxylation sites is 2. The fraction of sp³-hybridized carbons (Fsp3) is 0.0727. The van der Waals surface area contributed by atoms with E-state index in [9.17, 15) is 0 Å². The van der Waals surface area contributed by atoms with Gasteiger partial charge in [0, 0.05) is 21.9 Å². The third-order valence-electron chi connectivity index (χ3n) is 13.3. The van der Waals surface area contributed by atoms with Crippen molar-refractivity contribution in [3.05, 3.63) is 239 Å². The monoisotopic (exact) mass is 726 g/mol. The Labute approximate surface area is 332 Å². The molecule has 1 aromatic heterocycles. The van der Waals surface area contributed by atoms with E-state index in [1.54, 1.807) is 0 Å². The molecule has 2 heteroatoms. The predicted molar refractivity (Wildman–Crippen MR) is 237 cm³/mol. The maximum absolute atomic E-state index is 5.79. The smallest absolute Gasteiger partial charge is 0.111 e. The van der Waals surface area contributed by atoms with Gasteiger partial charge < -0.3 is 4.57 Å². The number of aromatic nitrogens is 1. The van der Waals surface area contributed by atoms with Crippen LogP contribution in [0.15, 0.2) is 200 Å². The fourth-order valence-corrected chi connectivity index (χ4v) is 10.7. The molecule has 2 nitrogen and oxygen atoms in total. The molecule has 0 bridgehead atoms. The summed E-state index contributed by atoms with van der Waals surface area (Å²) in [5.41, 5.74) is 19.6. The molecule has 1 spiro atoms. The van der Waals surface area contributed by atoms with Gasteiger partial charge in [-0.2, -0.15) is 0 Å². The van der Waals surface area contributed by atoms with Crippen LogP contribution in [0.25, 0.3) is 55.3 Å². The van der Waals surface area contributed by atoms with Crippen LogP contribution in [-0.4, -0.2) is 10.3 Å². The van der Waals surface area contributed by atoms with Crippen molar-refractivity contribution in [1.82, 2.24) is 4.57 Å². The first-order valence-electron chi connectivity index (χ1n) is 20.1. The first kappa shape index (κ1) is 32.2. The topological polar surface area (TPSA) is 17.3 Å². The number of hydrogen-bond donors (Lipinski definition) is 0. The lowest BCUT2D eigenvalue weighted by atomic mass is 9.65. The van der Waals surface area contributed by atoms with E-state index in [4.69, 9.17) is 11.6 Å². The minimum absolute atomic E-state index is 0.433. The van der Waals surface area contributed by atoms with Gasteiger partial charge in [0.1, 0.15) is 5.54 Å². The van der Waals surface area contributed by atoms with Crippen molar-refractivity contribution >= 4 is 33.1 Å². The number of hydrogen-bond acceptors (Lipinski definition) is 1. The maximum atomic E-state index is 5.79. The van der Waals surface area contributed by atoms with E-state index in [1.165, 1.54) is 77.6 Å². The lowest BCUT2D eigenvalue weighted by Crippen LogP contribution is -2.33. The highest BCUT2D eigenvalue weighted by Gasteiger charge is 2.50. The Morgan fingerprint density at radius 2 is 1.07 bits per heavy atom. The second-order valence-electron chi connectivity index (χ2n) is 15.8. The molecule has 0 radical (unpaired) electrons. The summed E-state index contributed by atoms with van der Waals surface area (Å²) in [6.07, 6.45) is 0.778. The van der Waals surface area contributed by atoms with Crippen LogP contribution in [0.5, 0.6) is 0 Å². The van der Waals surface area contributed by atoms with Crippen LogP contribution in [0.1, 0.15) is 57.9 Å². The fourth-order valence-electron chi connectivity index (χ4n) is 10.7. The summed E-state index contributed by atoms with van der Waals surface area (Å²) >= 11 is 0. The molecule has 3 aliphatic rings. The summed E-state index contributed by atoms with van der Waals surface area (Å²) in [4.78, 5) is 5.79. The first-order valence-corrected chi connectivity index (χ1v) is 20.1. The van der Waals surface area contributed by atoms with E-state index >= 15 is 0 Å². The SMILES string of the molecule is C=C1c2ccccc2C(c2ccc(-c3ccccc3)cc2)=NC1(CC)c1ccc2c(c1)c1cccc3c1n2-c1ccccc1C31c2ccccc2-c2ccccc21. The van der Waals surface area contributed by atoms with Gasteiger partial charge in [-0.05, 0) is 85.8 Å². The number of benzene rings is 8. The van der Waals surface area contributed by atoms with Crippen molar-refractivity contribution in [2.24, 2.45) is 4.99 Å². The second-order valence-corrected chi connectivity index (χ2v) is 15.8. The minimum Gasteiger partial charge on any atom is -0.309 e. The van der Waals surface area contributed by atoms with Crippen molar-refractivity contribution in [1.29, 1.82) is 0 Å². The van der Waals surface area contributed by atoms with Crippen LogP contribution in [-0.2, 0) is 11.0 Å². The Morgan fingerprint density at radius 3 is 1.79 bits per heavy atom. The molecule has 1 aliphatic carbocycles. The molecule has 0 saturated heterocycles. The minimum atomic E-state index is -0.648. The van der Waals surface area contributed by atoms with E-state index in [0.717, 1.165) is 34.4 Å². The summed E-state index contributed by atoms with van der Waals surface area (Å²) in [5, 5.41) is 2.49. The summed E-state index contributed by atoms with van der Waals surface area (Å²) in [7, 11) is 0. The van der Waals surface area contributed by atoms with Crippen LogP contribution in [0, 0.1) is 0 Å². The van der Waals surface area contributed by atoms with Crippen molar-refractivity contribution in [2.45, 2.75) is 24.3 Å². The van der Waals surface area contributed by atoms with Crippen molar-refractivity contribution in [3.8, 4) is 27.9 Å². The zero-order chi connectivity index (χ0) is 37.9. The van der Waals surface area contributed by atoms with Gasteiger partial charge in [-0.15, -0.1) is 0 Å². The molecule has 3 heterocycles. The number of nitrogens with zero attached hydrogens (tertiary/aromatic N) is 2. The summed E-state index contributed by atoms with van der Waals surface area (Å²) in [6, 6.07) is 69.3. The molecule has 268 valence electrons. The van der Waals surface area contributed by atoms with Crippen LogP contribution < -0.4 is 0 Å². The van der Waals surface area contributed by atoms with E-state index in [0.29, 0.717) is 0 Å². The van der Waals surface area contributed by atoms with Crippen LogP contribution in [0.3, 0.4) is 0 Å². The summed E-state index contributed by atoms with van der Waals surface area (Å²) < 4.78 is 2.53. The Bertz CT molecular complexity index is 3130. The molecular formula is C55H38N2. The first-order chi connectivity index (χ1) is 28.1. The van der Waals surface area contributed by atoms with Crippen molar-refractivity contribution < 1.29 is 0 Å². The van der Waals surface area contributed by atoms with Gasteiger partial charge in [-0.3, -0.25) is 4.99 Å². The number of fused-ring (bicyclic) bond motifs is 13. The van der Waals surface area contributed by atoms with Crippen LogP contribution in [0.4, 0.5) is 0 Å². The van der Waals surface area contributed by atoms with E-state index < -0.39 is 11.0 Å². The molecule has 1 unspecified atom stereocenters. The quantitative estimate of drug-likeness (QED) is 0.172. The average Bonchev–Trinajstić information content (AvgIpc) is 3.77. The number of aliphatic imine (C=N–C) groups is 1. The highest BCUT2D eigenvalue weighted by atomic mass is 15.0. The van der Waals surface area contributed by atoms with Gasteiger partial charge >= 0.3 is 0 Å². The largest absolute Gasteiger partial charge is 0.309 e. The van der Waals surface area contributed by atoms with E-state index in [2.05, 4.69) is 200 Å². The lowest BCUT2D eigenvalue weighted by molar-refractivity contribution is 0.561. The van der Waals surface area contributed by atoms with E-state index in [-0.39, 0.29) is 0 Å². The molecule has 8 aromatic carbocycles. The van der Waals surface area contributed by atoms with Gasteiger partial charge in [-0.1, -0.05) is 183 Å². The molecule has 0 saturated carbocycles. The van der Waals surface area contributed by atoms with E-state index in [1.807, 2.05) is 0 Å². The molecule has 9 aromatic rings. The molecule has 0 N–H and O–H groups in total. The third-order valence-corrected chi connectivity index (χ3v) is 13.3. The molecule has 0 amide bonds. The van der Waals surface area contributed by atoms with Gasteiger partial charge in [-0.25, -0.2) is 0 Å². The Balaban J connectivity index is 1.10. The normalized spacial score (nSPS) is 16.9. The second kappa shape index (κ2) is 11.7. The average molecular weight is 727 g/mol. The van der Waals surface area contributed by atoms with Crippen molar-refractivity contribution in [3.63, 3.8) is 0 Å². The standard InChI is InChI=1S/C55H38N2/c1-3-54(35(2)40-18-7-8-21-43(40)52(56-54)38-30-28-37(29-31-38)36-16-5-4-6-17-36)39-32-33-50-45(34-39)44-22-15-26-49-53(44)57(50)51-27-14-13-25-48(51)55(49)46-23-11-9-19-41(46)42-20-10-12-24-47(42)55/h4-34H,2-3H2,1H3. The summed E-state index contributed by atoms with van der Waals surface area (Å²) in [6.45, 7) is 7.09. The Morgan fingerprint density at radius 1 is 0.491 bits per heavy atom. The molecule has 57 heavy (non-hydrogen) atoms. The zero-order valence-electron chi connectivity index (χ0n) is 31.7. The molecule has 0 fully saturated rings. The molecular weight excluding hydrogens is 689 g/mol. The Kier molecular flexibility index (Phi) is 6.64. The molecule has 2 aliphatic heterocycles. The van der Waals surface area contributed by atoms with Gasteiger partial charge in [0.2, 0.25) is 0 Å². The van der Waals surface area contributed by atoms with Gasteiger partial charge in [0.05, 0.1) is 27.8 Å². The predicted octanol–water partition coefficient (Wildman–Crippen LogP) is 13.3. The Hall–Kier alpha value is -7.03. The lowest BCUT2D eigenvalue weighted by Gasteiger charge is -2.39. The number of rotatable bonds is 4. The zero-order valence-corrected chi connectivity index (χ0v) is 31.7. The highest BCUT2D eigenvalue weighted by Crippen LogP contribution is 2.61. The summed E-state index contributed by atoms with van der Waals surface area (Å²) in [5.74, 6) is 0. The van der Waals surface area contributed by atoms with Gasteiger partial charge in [0.15, 0.2) is 0 Å². The maximum Gasteiger partial charge on any atom is 0.111 e. The third kappa shape index (κ3) is 4.12. The molecule has 12 rings (SSSR count). The van der Waals surface area contributed by atoms with Gasteiger partial charge in [0.25, 0.3) is 0 Å². The van der Waals surface area contributed by atoms with Crippen molar-refractivity contribution in [2.75, 3.05) is 0 Å². The molecule has 1 atom stereocenters. The highest BCUT2D eigenvalue weighted by molar-refractivity contribution is 6.18. The van der Waals surface area contributed by atoms with Crippen LogP contribution in [0.2, 0.25) is 0 Å². The van der Waals surface area contributed by atoms with Crippen LogP contribution >= 0.6 is 0 Å².